The van der Waals surface area contributed by atoms with Gasteiger partial charge in [-0.05, 0) is 49.1 Å². The van der Waals surface area contributed by atoms with Gasteiger partial charge < -0.3 is 5.73 Å². The third-order valence-electron chi connectivity index (χ3n) is 3.22. The van der Waals surface area contributed by atoms with Gasteiger partial charge in [-0.25, -0.2) is 0 Å². The summed E-state index contributed by atoms with van der Waals surface area (Å²) in [4.78, 5) is 1.45. The van der Waals surface area contributed by atoms with E-state index in [-0.39, 0.29) is 0 Å². The van der Waals surface area contributed by atoms with Gasteiger partial charge in [0.15, 0.2) is 0 Å². The molecule has 1 aromatic heterocycles. The van der Waals surface area contributed by atoms with Gasteiger partial charge in [0, 0.05) is 10.9 Å². The van der Waals surface area contributed by atoms with Gasteiger partial charge in [-0.1, -0.05) is 36.4 Å². The van der Waals surface area contributed by atoms with Crippen molar-refractivity contribution in [2.75, 3.05) is 0 Å². The second kappa shape index (κ2) is 7.34. The minimum atomic E-state index is 0.343. The smallest absolute Gasteiger partial charge is 0.00458 e. The van der Waals surface area contributed by atoms with Crippen molar-refractivity contribution in [2.45, 2.75) is 38.1 Å². The summed E-state index contributed by atoms with van der Waals surface area (Å²) in [6, 6.07) is 15.3. The summed E-state index contributed by atoms with van der Waals surface area (Å²) < 4.78 is 0. The maximum atomic E-state index is 6.16. The normalized spacial score (nSPS) is 12.5. The van der Waals surface area contributed by atoms with Crippen LogP contribution in [0.2, 0.25) is 0 Å². The van der Waals surface area contributed by atoms with Crippen molar-refractivity contribution in [3.8, 4) is 0 Å². The summed E-state index contributed by atoms with van der Waals surface area (Å²) in [5.74, 6) is 0. The Bertz CT molecular complexity index is 422. The van der Waals surface area contributed by atoms with E-state index in [2.05, 4.69) is 47.8 Å². The van der Waals surface area contributed by atoms with Gasteiger partial charge in [0.25, 0.3) is 0 Å². The maximum absolute atomic E-state index is 6.16. The van der Waals surface area contributed by atoms with Crippen molar-refractivity contribution >= 4 is 11.3 Å². The molecule has 0 bridgehead atoms. The molecule has 0 amide bonds. The zero-order valence-electron chi connectivity index (χ0n) is 10.7. The summed E-state index contributed by atoms with van der Waals surface area (Å²) in [5, 5.41) is 2.14. The number of hydrogen-bond acceptors (Lipinski definition) is 2. The molecule has 18 heavy (non-hydrogen) atoms. The molecule has 2 heteroatoms. The highest BCUT2D eigenvalue weighted by molar-refractivity contribution is 7.09. The van der Waals surface area contributed by atoms with Crippen LogP contribution in [0.25, 0.3) is 0 Å². The average molecular weight is 259 g/mol. The Morgan fingerprint density at radius 1 is 0.944 bits per heavy atom. The minimum absolute atomic E-state index is 0.343. The van der Waals surface area contributed by atoms with Crippen LogP contribution in [0.5, 0.6) is 0 Å². The molecule has 1 atom stereocenters. The molecule has 0 aliphatic carbocycles. The van der Waals surface area contributed by atoms with E-state index in [1.165, 1.54) is 16.9 Å². The Hall–Kier alpha value is -1.12. The van der Waals surface area contributed by atoms with Crippen LogP contribution in [-0.2, 0) is 12.8 Å². The lowest BCUT2D eigenvalue weighted by Gasteiger charge is -2.10. The molecule has 0 saturated carbocycles. The molecule has 2 N–H and O–H groups in total. The fourth-order valence-corrected chi connectivity index (χ4v) is 2.86. The van der Waals surface area contributed by atoms with Crippen LogP contribution in [-0.4, -0.2) is 6.04 Å². The molecule has 1 heterocycles. The number of nitrogens with two attached hydrogens (primary N) is 1. The summed E-state index contributed by atoms with van der Waals surface area (Å²) in [6.45, 7) is 0. The Morgan fingerprint density at radius 2 is 1.78 bits per heavy atom. The number of aryl methyl sites for hydroxylation is 2. The second-order valence-corrected chi connectivity index (χ2v) is 5.79. The van der Waals surface area contributed by atoms with E-state index in [0.29, 0.717) is 6.04 Å². The molecule has 0 fully saturated rings. The predicted molar refractivity (Wildman–Crippen MR) is 80.0 cm³/mol. The lowest BCUT2D eigenvalue weighted by molar-refractivity contribution is 0.547. The van der Waals surface area contributed by atoms with Crippen LogP contribution in [0, 0.1) is 0 Å². The molecule has 0 spiro atoms. The maximum Gasteiger partial charge on any atom is 0.00458 e. The third-order valence-corrected chi connectivity index (χ3v) is 4.16. The monoisotopic (exact) mass is 259 g/mol. The lowest BCUT2D eigenvalue weighted by atomic mass is 10.0. The number of hydrogen-bond donors (Lipinski definition) is 1. The highest BCUT2D eigenvalue weighted by Crippen LogP contribution is 2.14. The summed E-state index contributed by atoms with van der Waals surface area (Å²) in [6.07, 6.45) is 5.70. The van der Waals surface area contributed by atoms with Gasteiger partial charge in [0.1, 0.15) is 0 Å². The molecule has 0 saturated heterocycles. The molecule has 1 unspecified atom stereocenters. The van der Waals surface area contributed by atoms with Crippen LogP contribution >= 0.6 is 11.3 Å². The lowest BCUT2D eigenvalue weighted by Crippen LogP contribution is -2.20. The first-order valence-corrected chi connectivity index (χ1v) is 7.54. The molecule has 96 valence electrons. The van der Waals surface area contributed by atoms with Gasteiger partial charge in [0.2, 0.25) is 0 Å². The van der Waals surface area contributed by atoms with E-state index >= 15 is 0 Å². The van der Waals surface area contributed by atoms with Crippen LogP contribution in [0.4, 0.5) is 0 Å². The van der Waals surface area contributed by atoms with Gasteiger partial charge in [-0.15, -0.1) is 11.3 Å². The van der Waals surface area contributed by atoms with Gasteiger partial charge >= 0.3 is 0 Å². The van der Waals surface area contributed by atoms with Gasteiger partial charge in [0.05, 0.1) is 0 Å². The van der Waals surface area contributed by atoms with Crippen LogP contribution in [0.3, 0.4) is 0 Å². The topological polar surface area (TPSA) is 26.0 Å². The van der Waals surface area contributed by atoms with E-state index in [0.717, 1.165) is 25.7 Å². The fraction of sp³-hybridized carbons (Fsp3) is 0.375. The second-order valence-electron chi connectivity index (χ2n) is 4.76. The molecule has 1 aromatic carbocycles. The van der Waals surface area contributed by atoms with E-state index in [9.17, 15) is 0 Å². The Kier molecular flexibility index (Phi) is 5.43. The first kappa shape index (κ1) is 13.3. The molecule has 2 aromatic rings. The quantitative estimate of drug-likeness (QED) is 0.798. The molecule has 0 aliphatic rings. The van der Waals surface area contributed by atoms with Crippen LogP contribution in [0.15, 0.2) is 47.8 Å². The van der Waals surface area contributed by atoms with E-state index in [1.807, 2.05) is 11.3 Å². The largest absolute Gasteiger partial charge is 0.328 e. The summed E-state index contributed by atoms with van der Waals surface area (Å²) in [5.41, 5.74) is 7.58. The molecular weight excluding hydrogens is 238 g/mol. The van der Waals surface area contributed by atoms with Gasteiger partial charge in [-0.3, -0.25) is 0 Å². The molecule has 0 radical (unpaired) electrons. The van der Waals surface area contributed by atoms with Crippen molar-refractivity contribution in [1.82, 2.24) is 0 Å². The van der Waals surface area contributed by atoms with Crippen LogP contribution in [0.1, 0.15) is 29.7 Å². The molecule has 1 nitrogen and oxygen atoms in total. The molecule has 2 rings (SSSR count). The van der Waals surface area contributed by atoms with Crippen molar-refractivity contribution in [3.05, 3.63) is 58.3 Å². The van der Waals surface area contributed by atoms with Crippen molar-refractivity contribution < 1.29 is 0 Å². The minimum Gasteiger partial charge on any atom is -0.328 e. The highest BCUT2D eigenvalue weighted by Gasteiger charge is 2.04. The van der Waals surface area contributed by atoms with Crippen molar-refractivity contribution in [2.24, 2.45) is 5.73 Å². The zero-order chi connectivity index (χ0) is 12.6. The first-order valence-electron chi connectivity index (χ1n) is 6.66. The highest BCUT2D eigenvalue weighted by atomic mass is 32.1. The first-order chi connectivity index (χ1) is 8.84. The van der Waals surface area contributed by atoms with E-state index < -0.39 is 0 Å². The fourth-order valence-electron chi connectivity index (χ4n) is 2.14. The standard InChI is InChI=1S/C16H21NS/c17-15(11-12-16-10-5-13-18-16)9-4-8-14-6-2-1-3-7-14/h1-3,5-7,10,13,15H,4,8-9,11-12,17H2. The van der Waals surface area contributed by atoms with Crippen LogP contribution < -0.4 is 5.73 Å². The third kappa shape index (κ3) is 4.63. The van der Waals surface area contributed by atoms with Gasteiger partial charge in [-0.2, -0.15) is 0 Å². The molecular formula is C16H21NS. The summed E-state index contributed by atoms with van der Waals surface area (Å²) >= 11 is 1.83. The average Bonchev–Trinajstić information content (AvgIpc) is 2.91. The predicted octanol–water partition coefficient (Wildman–Crippen LogP) is 4.03. The Balaban J connectivity index is 1.61. The number of rotatable bonds is 7. The molecule has 0 aliphatic heterocycles. The van der Waals surface area contributed by atoms with E-state index in [1.54, 1.807) is 0 Å². The zero-order valence-corrected chi connectivity index (χ0v) is 11.5. The number of benzene rings is 1. The number of thiophene rings is 1. The summed E-state index contributed by atoms with van der Waals surface area (Å²) in [7, 11) is 0. The Morgan fingerprint density at radius 3 is 2.50 bits per heavy atom. The van der Waals surface area contributed by atoms with Crippen molar-refractivity contribution in [3.63, 3.8) is 0 Å². The van der Waals surface area contributed by atoms with Crippen molar-refractivity contribution in [1.29, 1.82) is 0 Å². The van der Waals surface area contributed by atoms with E-state index in [4.69, 9.17) is 5.73 Å². The Labute approximate surface area is 114 Å². The SMILES string of the molecule is NC(CCCc1ccccc1)CCc1cccs1.